The molecule has 4 aromatic rings. The Labute approximate surface area is 202 Å². The van der Waals surface area contributed by atoms with E-state index in [0.29, 0.717) is 33.7 Å². The van der Waals surface area contributed by atoms with E-state index in [2.05, 4.69) is 9.71 Å². The van der Waals surface area contributed by atoms with E-state index in [4.69, 9.17) is 9.72 Å². The Hall–Kier alpha value is -3.92. The highest BCUT2D eigenvalue weighted by molar-refractivity contribution is 7.92. The normalized spacial score (nSPS) is 12.0. The third-order valence-electron chi connectivity index (χ3n) is 5.49. The van der Waals surface area contributed by atoms with E-state index in [-0.39, 0.29) is 5.41 Å². The van der Waals surface area contributed by atoms with E-state index < -0.39 is 21.3 Å². The monoisotopic (exact) mass is 494 g/mol. The molecule has 9 nitrogen and oxygen atoms in total. The highest BCUT2D eigenvalue weighted by atomic mass is 32.2. The van der Waals surface area contributed by atoms with Crippen molar-refractivity contribution in [2.45, 2.75) is 26.2 Å². The molecule has 35 heavy (non-hydrogen) atoms. The maximum absolute atomic E-state index is 12.6. The molecule has 4 rings (SSSR count). The Balaban J connectivity index is 1.97. The summed E-state index contributed by atoms with van der Waals surface area (Å²) in [6.07, 6.45) is 2.53. The van der Waals surface area contributed by atoms with Crippen molar-refractivity contribution in [3.63, 3.8) is 0 Å². The zero-order valence-electron chi connectivity index (χ0n) is 20.0. The molecule has 0 unspecified atom stereocenters. The van der Waals surface area contributed by atoms with Gasteiger partial charge in [0, 0.05) is 34.5 Å². The largest absolute Gasteiger partial charge is 0.494 e. The molecular formula is C25H26N4O5S. The van der Waals surface area contributed by atoms with Gasteiger partial charge in [-0.2, -0.15) is 0 Å². The summed E-state index contributed by atoms with van der Waals surface area (Å²) in [7, 11) is -1.80. The number of aromatic nitrogens is 3. The molecule has 0 spiro atoms. The summed E-state index contributed by atoms with van der Waals surface area (Å²) >= 11 is 0. The molecular weight excluding hydrogens is 468 g/mol. The summed E-state index contributed by atoms with van der Waals surface area (Å²) in [4.78, 5) is 31.4. The fraction of sp³-hybridized carbons (Fsp3) is 0.240. The van der Waals surface area contributed by atoms with Crippen molar-refractivity contribution in [1.82, 2.24) is 14.5 Å². The topological polar surface area (TPSA) is 123 Å². The van der Waals surface area contributed by atoms with Gasteiger partial charge in [-0.15, -0.1) is 0 Å². The first-order valence-corrected chi connectivity index (χ1v) is 12.7. The first-order valence-electron chi connectivity index (χ1n) is 10.8. The first kappa shape index (κ1) is 24.2. The summed E-state index contributed by atoms with van der Waals surface area (Å²) in [5.74, 6) is 0.589. The zero-order valence-corrected chi connectivity index (χ0v) is 20.9. The summed E-state index contributed by atoms with van der Waals surface area (Å²) in [6.45, 7) is 6.11. The number of nitrogens with zero attached hydrogens (tertiary/aromatic N) is 2. The Morgan fingerprint density at radius 1 is 1.03 bits per heavy atom. The van der Waals surface area contributed by atoms with Gasteiger partial charge in [-0.25, -0.2) is 18.2 Å². The van der Waals surface area contributed by atoms with Gasteiger partial charge in [0.05, 0.1) is 24.7 Å². The Morgan fingerprint density at radius 2 is 1.71 bits per heavy atom. The van der Waals surface area contributed by atoms with Crippen LogP contribution in [0, 0.1) is 0 Å². The van der Waals surface area contributed by atoms with Crippen LogP contribution in [0.1, 0.15) is 26.3 Å². The highest BCUT2D eigenvalue weighted by Gasteiger charge is 2.25. The smallest absolute Gasteiger partial charge is 0.332 e. The van der Waals surface area contributed by atoms with Gasteiger partial charge in [0.15, 0.2) is 0 Å². The predicted molar refractivity (Wildman–Crippen MR) is 137 cm³/mol. The van der Waals surface area contributed by atoms with Gasteiger partial charge in [0.2, 0.25) is 10.0 Å². The summed E-state index contributed by atoms with van der Waals surface area (Å²) in [5.41, 5.74) is 2.47. The summed E-state index contributed by atoms with van der Waals surface area (Å²) in [5, 5.41) is 0.670. The average Bonchev–Trinajstić information content (AvgIpc) is 2.76. The molecule has 0 saturated heterocycles. The van der Waals surface area contributed by atoms with Crippen LogP contribution in [-0.4, -0.2) is 36.3 Å². The van der Waals surface area contributed by atoms with Gasteiger partial charge in [-0.3, -0.25) is 19.1 Å². The number of sulfonamides is 1. The van der Waals surface area contributed by atoms with Crippen LogP contribution in [0.2, 0.25) is 0 Å². The minimum atomic E-state index is -3.38. The number of nitrogens with one attached hydrogen (secondary N) is 2. The number of hydrogen-bond donors (Lipinski definition) is 2. The molecule has 0 saturated carbocycles. The van der Waals surface area contributed by atoms with E-state index in [1.165, 1.54) is 16.8 Å². The Kier molecular flexibility index (Phi) is 6.02. The van der Waals surface area contributed by atoms with Crippen LogP contribution in [0.25, 0.3) is 27.8 Å². The number of aromatic amines is 1. The lowest BCUT2D eigenvalue weighted by atomic mass is 9.85. The fourth-order valence-electron chi connectivity index (χ4n) is 3.90. The SMILES string of the molecule is COc1c(C(C)(C)C)cc(-n2ccc(=O)[nH]c2=O)c2ccc(-c3ccc(NS(C)(=O)=O)cc3)nc12. The van der Waals surface area contributed by atoms with Crippen molar-refractivity contribution in [2.24, 2.45) is 0 Å². The van der Waals surface area contributed by atoms with Gasteiger partial charge in [-0.1, -0.05) is 32.9 Å². The molecule has 2 aromatic carbocycles. The molecule has 0 bridgehead atoms. The van der Waals surface area contributed by atoms with E-state index >= 15 is 0 Å². The van der Waals surface area contributed by atoms with Crippen molar-refractivity contribution in [2.75, 3.05) is 18.1 Å². The van der Waals surface area contributed by atoms with Crippen LogP contribution in [0.3, 0.4) is 0 Å². The molecule has 0 fully saturated rings. The van der Waals surface area contributed by atoms with Crippen molar-refractivity contribution >= 4 is 26.6 Å². The molecule has 0 aliphatic rings. The summed E-state index contributed by atoms with van der Waals surface area (Å²) in [6, 6.07) is 13.7. The van der Waals surface area contributed by atoms with E-state index in [9.17, 15) is 18.0 Å². The fourth-order valence-corrected chi connectivity index (χ4v) is 4.46. The first-order chi connectivity index (χ1) is 16.4. The number of benzene rings is 2. The van der Waals surface area contributed by atoms with Gasteiger partial charge in [0.25, 0.3) is 5.56 Å². The third kappa shape index (κ3) is 4.97. The predicted octanol–water partition coefficient (Wildman–Crippen LogP) is 3.42. The average molecular weight is 495 g/mol. The second-order valence-electron chi connectivity index (χ2n) is 9.25. The standard InChI is InChI=1S/C25H26N4O5S/c1-25(2,3)18-14-20(29-13-12-21(30)27-24(29)31)17-10-11-19(26-22(17)23(18)34-4)15-6-8-16(9-7-15)28-35(5,32)33/h6-14,28H,1-5H3,(H,27,30,31). The van der Waals surface area contributed by atoms with Crippen LogP contribution in [0.4, 0.5) is 5.69 Å². The second kappa shape index (κ2) is 8.70. The summed E-state index contributed by atoms with van der Waals surface area (Å²) < 4.78 is 32.6. The van der Waals surface area contributed by atoms with Crippen LogP contribution in [0.15, 0.2) is 64.3 Å². The minimum absolute atomic E-state index is 0.337. The molecule has 2 heterocycles. The van der Waals surface area contributed by atoms with Crippen LogP contribution >= 0.6 is 0 Å². The van der Waals surface area contributed by atoms with Crippen LogP contribution < -0.4 is 20.7 Å². The highest BCUT2D eigenvalue weighted by Crippen LogP contribution is 2.40. The maximum Gasteiger partial charge on any atom is 0.332 e. The number of hydrogen-bond acceptors (Lipinski definition) is 6. The molecule has 2 aromatic heterocycles. The molecule has 0 aliphatic heterocycles. The van der Waals surface area contributed by atoms with Gasteiger partial charge in [0.1, 0.15) is 11.3 Å². The molecule has 0 amide bonds. The number of fused-ring (bicyclic) bond motifs is 1. The molecule has 182 valence electrons. The Bertz CT molecular complexity index is 1650. The molecule has 2 N–H and O–H groups in total. The number of anilines is 1. The van der Waals surface area contributed by atoms with Gasteiger partial charge in [-0.05, 0) is 35.7 Å². The van der Waals surface area contributed by atoms with E-state index in [1.807, 2.05) is 39.0 Å². The lowest BCUT2D eigenvalue weighted by Gasteiger charge is -2.25. The number of pyridine rings is 1. The van der Waals surface area contributed by atoms with Gasteiger partial charge >= 0.3 is 5.69 Å². The lowest BCUT2D eigenvalue weighted by Crippen LogP contribution is -2.28. The van der Waals surface area contributed by atoms with Gasteiger partial charge < -0.3 is 4.74 Å². The maximum atomic E-state index is 12.6. The molecule has 10 heteroatoms. The number of rotatable bonds is 5. The van der Waals surface area contributed by atoms with E-state index in [0.717, 1.165) is 17.4 Å². The lowest BCUT2D eigenvalue weighted by molar-refractivity contribution is 0.401. The molecule has 0 radical (unpaired) electrons. The van der Waals surface area contributed by atoms with Crippen LogP contribution in [-0.2, 0) is 15.4 Å². The minimum Gasteiger partial charge on any atom is -0.494 e. The van der Waals surface area contributed by atoms with Crippen molar-refractivity contribution in [3.8, 4) is 22.7 Å². The van der Waals surface area contributed by atoms with E-state index in [1.54, 1.807) is 31.4 Å². The Morgan fingerprint density at radius 3 is 2.29 bits per heavy atom. The number of methoxy groups -OCH3 is 1. The molecule has 0 aliphatic carbocycles. The van der Waals surface area contributed by atoms with Crippen molar-refractivity contribution in [1.29, 1.82) is 0 Å². The quantitative estimate of drug-likeness (QED) is 0.438. The van der Waals surface area contributed by atoms with Crippen LogP contribution in [0.5, 0.6) is 5.75 Å². The number of H-pyrrole nitrogens is 1. The number of ether oxygens (including phenoxy) is 1. The molecule has 0 atom stereocenters. The van der Waals surface area contributed by atoms with Crippen molar-refractivity contribution < 1.29 is 13.2 Å². The zero-order chi connectivity index (χ0) is 25.5. The second-order valence-corrected chi connectivity index (χ2v) is 11.0. The van der Waals surface area contributed by atoms with Crippen molar-refractivity contribution in [3.05, 3.63) is 81.1 Å². The third-order valence-corrected chi connectivity index (χ3v) is 6.10.